The first-order chi connectivity index (χ1) is 14.2. The second-order valence-corrected chi connectivity index (χ2v) is 9.36. The molecule has 0 spiro atoms. The number of aromatic nitrogens is 1. The van der Waals surface area contributed by atoms with E-state index in [1.807, 2.05) is 0 Å². The molecule has 0 saturated carbocycles. The zero-order valence-corrected chi connectivity index (χ0v) is 17.7. The lowest BCUT2D eigenvalue weighted by Crippen LogP contribution is -2.15. The van der Waals surface area contributed by atoms with Gasteiger partial charge in [-0.3, -0.25) is 14.4 Å². The smallest absolute Gasteiger partial charge is 0.262 e. The first-order valence-electron chi connectivity index (χ1n) is 8.53. The molecular weight excluding hydrogens is 430 g/mol. The van der Waals surface area contributed by atoms with Crippen molar-refractivity contribution >= 4 is 31.4 Å². The van der Waals surface area contributed by atoms with E-state index in [0.717, 1.165) is 0 Å². The topological polar surface area (TPSA) is 124 Å². The summed E-state index contributed by atoms with van der Waals surface area (Å²) in [6, 6.07) is 12.7. The summed E-state index contributed by atoms with van der Waals surface area (Å²) in [5, 5.41) is 0. The van der Waals surface area contributed by atoms with E-state index in [0.29, 0.717) is 11.4 Å². The average molecular weight is 450 g/mol. The van der Waals surface area contributed by atoms with E-state index >= 15 is 0 Å². The minimum atomic E-state index is -3.93. The molecule has 0 unspecified atom stereocenters. The van der Waals surface area contributed by atoms with E-state index in [2.05, 4.69) is 14.4 Å². The highest BCUT2D eigenvalue weighted by Crippen LogP contribution is 2.30. The molecule has 1 aromatic heterocycles. The largest absolute Gasteiger partial charge is 0.493 e. The summed E-state index contributed by atoms with van der Waals surface area (Å²) in [6.07, 6.45) is 2.90. The van der Waals surface area contributed by atoms with Gasteiger partial charge in [-0.25, -0.2) is 16.8 Å². The lowest BCUT2D eigenvalue weighted by atomic mass is 10.3. The number of nitrogens with zero attached hydrogens (tertiary/aromatic N) is 1. The highest BCUT2D eigenvalue weighted by molar-refractivity contribution is 7.93. The van der Waals surface area contributed by atoms with Crippen LogP contribution in [0.4, 0.5) is 11.4 Å². The molecule has 3 aromatic rings. The number of pyridine rings is 1. The highest BCUT2D eigenvalue weighted by Gasteiger charge is 2.19. The van der Waals surface area contributed by atoms with E-state index in [1.165, 1.54) is 69.1 Å². The van der Waals surface area contributed by atoms with Gasteiger partial charge < -0.3 is 9.47 Å². The molecule has 30 heavy (non-hydrogen) atoms. The predicted octanol–water partition coefficient (Wildman–Crippen LogP) is 2.70. The van der Waals surface area contributed by atoms with Gasteiger partial charge in [0.15, 0.2) is 11.5 Å². The molecule has 0 atom stereocenters. The van der Waals surface area contributed by atoms with Crippen LogP contribution in [0.2, 0.25) is 0 Å². The third-order valence-corrected chi connectivity index (χ3v) is 6.77. The van der Waals surface area contributed by atoms with Crippen molar-refractivity contribution in [3.05, 3.63) is 67.0 Å². The Morgan fingerprint density at radius 2 is 1.33 bits per heavy atom. The van der Waals surface area contributed by atoms with Gasteiger partial charge in [-0.1, -0.05) is 0 Å². The average Bonchev–Trinajstić information content (AvgIpc) is 2.73. The van der Waals surface area contributed by atoms with Gasteiger partial charge in [-0.2, -0.15) is 0 Å². The third kappa shape index (κ3) is 4.81. The van der Waals surface area contributed by atoms with Gasteiger partial charge in [-0.05, 0) is 48.5 Å². The maximum absolute atomic E-state index is 12.6. The first-order valence-corrected chi connectivity index (χ1v) is 11.5. The molecule has 158 valence electrons. The predicted molar refractivity (Wildman–Crippen MR) is 112 cm³/mol. The number of hydrogen-bond acceptors (Lipinski definition) is 7. The van der Waals surface area contributed by atoms with Gasteiger partial charge >= 0.3 is 0 Å². The fourth-order valence-electron chi connectivity index (χ4n) is 2.54. The van der Waals surface area contributed by atoms with Crippen LogP contribution in [0.1, 0.15) is 0 Å². The summed E-state index contributed by atoms with van der Waals surface area (Å²) >= 11 is 0. The maximum atomic E-state index is 12.6. The van der Waals surface area contributed by atoms with Gasteiger partial charge in [0, 0.05) is 18.0 Å². The first kappa shape index (κ1) is 21.4. The van der Waals surface area contributed by atoms with Crippen LogP contribution in [0.25, 0.3) is 0 Å². The molecule has 0 aliphatic heterocycles. The lowest BCUT2D eigenvalue weighted by molar-refractivity contribution is 0.354. The summed E-state index contributed by atoms with van der Waals surface area (Å²) in [7, 11) is -4.92. The number of rotatable bonds is 8. The van der Waals surface area contributed by atoms with Gasteiger partial charge in [0.05, 0.1) is 35.9 Å². The summed E-state index contributed by atoms with van der Waals surface area (Å²) < 4.78 is 65.2. The van der Waals surface area contributed by atoms with Crippen LogP contribution < -0.4 is 18.9 Å². The number of ether oxygens (including phenoxy) is 2. The van der Waals surface area contributed by atoms with Crippen LogP contribution in [0.5, 0.6) is 11.5 Å². The molecule has 3 rings (SSSR count). The van der Waals surface area contributed by atoms with Crippen molar-refractivity contribution in [2.75, 3.05) is 23.7 Å². The number of anilines is 2. The van der Waals surface area contributed by atoms with Gasteiger partial charge in [0.25, 0.3) is 20.0 Å². The Morgan fingerprint density at radius 1 is 0.733 bits per heavy atom. The van der Waals surface area contributed by atoms with Crippen LogP contribution in [0.15, 0.2) is 76.8 Å². The van der Waals surface area contributed by atoms with Crippen LogP contribution in [0.3, 0.4) is 0 Å². The number of hydrogen-bond donors (Lipinski definition) is 2. The monoisotopic (exact) mass is 449 g/mol. The molecule has 0 fully saturated rings. The Kier molecular flexibility index (Phi) is 6.13. The normalized spacial score (nSPS) is 11.5. The molecule has 0 aliphatic carbocycles. The molecule has 0 saturated heterocycles. The molecule has 9 nitrogen and oxygen atoms in total. The van der Waals surface area contributed by atoms with Crippen LogP contribution in [-0.2, 0) is 20.0 Å². The van der Waals surface area contributed by atoms with Crippen LogP contribution in [0, 0.1) is 0 Å². The SMILES string of the molecule is COc1ccc(S(=O)(=O)Nc2ccc(S(=O)(=O)Nc3cccnc3)cc2)cc1OC. The van der Waals surface area contributed by atoms with E-state index in [4.69, 9.17) is 9.47 Å². The number of sulfonamides is 2. The minimum Gasteiger partial charge on any atom is -0.493 e. The number of benzene rings is 2. The van der Waals surface area contributed by atoms with E-state index in [-0.39, 0.29) is 21.2 Å². The molecule has 1 heterocycles. The quantitative estimate of drug-likeness (QED) is 0.542. The van der Waals surface area contributed by atoms with Crippen molar-refractivity contribution in [3.63, 3.8) is 0 Å². The molecule has 0 bridgehead atoms. The molecule has 2 N–H and O–H groups in total. The van der Waals surface area contributed by atoms with Crippen molar-refractivity contribution in [1.29, 1.82) is 0 Å². The third-order valence-electron chi connectivity index (χ3n) is 4.00. The highest BCUT2D eigenvalue weighted by atomic mass is 32.2. The fourth-order valence-corrected chi connectivity index (χ4v) is 4.65. The van der Waals surface area contributed by atoms with Gasteiger partial charge in [-0.15, -0.1) is 0 Å². The van der Waals surface area contributed by atoms with Crippen molar-refractivity contribution in [1.82, 2.24) is 4.98 Å². The van der Waals surface area contributed by atoms with Crippen molar-refractivity contribution in [2.45, 2.75) is 9.79 Å². The zero-order valence-electron chi connectivity index (χ0n) is 16.1. The van der Waals surface area contributed by atoms with Crippen molar-refractivity contribution in [3.8, 4) is 11.5 Å². The minimum absolute atomic E-state index is 0.0274. The Hall–Kier alpha value is -3.31. The molecule has 0 radical (unpaired) electrons. The molecule has 2 aromatic carbocycles. The van der Waals surface area contributed by atoms with E-state index in [1.54, 1.807) is 12.1 Å². The van der Waals surface area contributed by atoms with Crippen LogP contribution in [-0.4, -0.2) is 36.0 Å². The summed E-state index contributed by atoms with van der Waals surface area (Å²) in [5.74, 6) is 0.662. The number of methoxy groups -OCH3 is 2. The molecular formula is C19H19N3O6S2. The Balaban J connectivity index is 1.79. The summed E-state index contributed by atoms with van der Waals surface area (Å²) in [6.45, 7) is 0. The molecule has 0 aliphatic rings. The van der Waals surface area contributed by atoms with Crippen molar-refractivity contribution in [2.24, 2.45) is 0 Å². The lowest BCUT2D eigenvalue weighted by Gasteiger charge is -2.12. The second kappa shape index (κ2) is 8.59. The van der Waals surface area contributed by atoms with E-state index < -0.39 is 20.0 Å². The Bertz CT molecular complexity index is 1230. The standard InChI is InChI=1S/C19H19N3O6S2/c1-27-18-10-9-17(12-19(18)28-2)30(25,26)21-14-5-7-16(8-6-14)29(23,24)22-15-4-3-11-20-13-15/h3-13,21-22H,1-2H3. The summed E-state index contributed by atoms with van der Waals surface area (Å²) in [4.78, 5) is 3.79. The second-order valence-electron chi connectivity index (χ2n) is 5.99. The zero-order chi connectivity index (χ0) is 21.8. The fraction of sp³-hybridized carbons (Fsp3) is 0.105. The number of nitrogens with one attached hydrogen (secondary N) is 2. The maximum Gasteiger partial charge on any atom is 0.262 e. The van der Waals surface area contributed by atoms with E-state index in [9.17, 15) is 16.8 Å². The van der Waals surface area contributed by atoms with Gasteiger partial charge in [0.2, 0.25) is 0 Å². The van der Waals surface area contributed by atoms with Gasteiger partial charge in [0.1, 0.15) is 0 Å². The van der Waals surface area contributed by atoms with Crippen molar-refractivity contribution < 1.29 is 26.3 Å². The molecule has 11 heteroatoms. The summed E-state index contributed by atoms with van der Waals surface area (Å²) in [5.41, 5.74) is 0.515. The Labute approximate surface area is 174 Å². The van der Waals surface area contributed by atoms with Crippen LogP contribution >= 0.6 is 0 Å². The molecule has 0 amide bonds. The Morgan fingerprint density at radius 3 is 1.93 bits per heavy atom.